The number of pyridine rings is 2. The molecular weight excluding hydrogens is 597 g/mol. The second kappa shape index (κ2) is 14.2. The molecule has 14 heteroatoms. The van der Waals surface area contributed by atoms with Crippen LogP contribution in [0.5, 0.6) is 0 Å². The normalized spacial score (nSPS) is 14.9. The number of aromatic nitrogens is 6. The topological polar surface area (TPSA) is 142 Å². The smallest absolute Gasteiger partial charge is 0.232 e. The van der Waals surface area contributed by atoms with Crippen LogP contribution in [0, 0.1) is 0 Å². The van der Waals surface area contributed by atoms with Gasteiger partial charge in [-0.25, -0.2) is 9.97 Å². The van der Waals surface area contributed by atoms with Crippen molar-refractivity contribution in [2.24, 2.45) is 0 Å². The highest BCUT2D eigenvalue weighted by atomic mass is 32.1. The molecule has 12 nitrogen and oxygen atoms in total. The van der Waals surface area contributed by atoms with Crippen molar-refractivity contribution in [2.45, 2.75) is 64.2 Å². The van der Waals surface area contributed by atoms with Crippen molar-refractivity contribution in [3.8, 4) is 0 Å². The van der Waals surface area contributed by atoms with E-state index in [1.54, 1.807) is 0 Å². The number of nitrogens with zero attached hydrogens (tertiary/aromatic N) is 8. The molecule has 0 bridgehead atoms. The molecular formula is C30H36N10O2S2. The molecule has 2 amide bonds. The van der Waals surface area contributed by atoms with Crippen molar-refractivity contribution in [3.05, 3.63) is 57.8 Å². The summed E-state index contributed by atoms with van der Waals surface area (Å²) >= 11 is 2.81. The Kier molecular flexibility index (Phi) is 9.66. The van der Waals surface area contributed by atoms with Crippen molar-refractivity contribution >= 4 is 56.4 Å². The molecule has 0 unspecified atom stereocenters. The fourth-order valence-electron chi connectivity index (χ4n) is 5.12. The maximum atomic E-state index is 12.7. The van der Waals surface area contributed by atoms with Crippen molar-refractivity contribution in [3.63, 3.8) is 0 Å². The third-order valence-electron chi connectivity index (χ3n) is 7.72. The summed E-state index contributed by atoms with van der Waals surface area (Å²) in [4.78, 5) is 39.0. The molecule has 2 aliphatic heterocycles. The third-order valence-corrected chi connectivity index (χ3v) is 9.62. The fourth-order valence-corrected chi connectivity index (χ4v) is 6.82. The Labute approximate surface area is 264 Å². The highest BCUT2D eigenvalue weighted by Crippen LogP contribution is 2.32. The monoisotopic (exact) mass is 632 g/mol. The zero-order valence-electron chi connectivity index (χ0n) is 24.7. The third kappa shape index (κ3) is 7.72. The van der Waals surface area contributed by atoms with Crippen LogP contribution in [0.4, 0.5) is 21.9 Å². The lowest BCUT2D eigenvalue weighted by atomic mass is 9.99. The van der Waals surface area contributed by atoms with Crippen LogP contribution in [-0.4, -0.2) is 68.4 Å². The molecule has 230 valence electrons. The maximum Gasteiger partial charge on any atom is 0.232 e. The quantitative estimate of drug-likeness (QED) is 0.204. The van der Waals surface area contributed by atoms with Crippen LogP contribution < -0.4 is 20.4 Å². The predicted molar refractivity (Wildman–Crippen MR) is 173 cm³/mol. The van der Waals surface area contributed by atoms with E-state index in [-0.39, 0.29) is 30.6 Å². The number of anilines is 4. The Bertz CT molecular complexity index is 1580. The second-order valence-corrected chi connectivity index (χ2v) is 13.1. The SMILES string of the molecule is CCC[C@@H](CCc1nnc(NC(=O)Cc2cccc(N3CCC3)n2)s1)c1nnc(NC(=O)Cc2cccc(N3CCC3)n2)s1. The van der Waals surface area contributed by atoms with E-state index >= 15 is 0 Å². The predicted octanol–water partition coefficient (Wildman–Crippen LogP) is 4.48. The van der Waals surface area contributed by atoms with Crippen LogP contribution >= 0.6 is 22.7 Å². The van der Waals surface area contributed by atoms with Gasteiger partial charge in [0, 0.05) is 38.5 Å². The van der Waals surface area contributed by atoms with Crippen LogP contribution in [-0.2, 0) is 28.9 Å². The number of hydrogen-bond acceptors (Lipinski definition) is 12. The summed E-state index contributed by atoms with van der Waals surface area (Å²) in [6, 6.07) is 11.6. The zero-order valence-corrected chi connectivity index (χ0v) is 26.4. The number of carbonyl (C=O) groups excluding carboxylic acids is 2. The highest BCUT2D eigenvalue weighted by molar-refractivity contribution is 7.15. The van der Waals surface area contributed by atoms with E-state index in [9.17, 15) is 9.59 Å². The van der Waals surface area contributed by atoms with Gasteiger partial charge in [0.25, 0.3) is 0 Å². The van der Waals surface area contributed by atoms with Crippen molar-refractivity contribution in [1.82, 2.24) is 30.4 Å². The molecule has 0 radical (unpaired) electrons. The molecule has 2 saturated heterocycles. The van der Waals surface area contributed by atoms with E-state index in [2.05, 4.69) is 57.7 Å². The average molecular weight is 633 g/mol. The molecule has 6 rings (SSSR count). The largest absolute Gasteiger partial charge is 0.356 e. The Balaban J connectivity index is 0.985. The molecule has 0 aromatic carbocycles. The van der Waals surface area contributed by atoms with Gasteiger partial charge in [0.1, 0.15) is 21.7 Å². The molecule has 0 spiro atoms. The van der Waals surface area contributed by atoms with Crippen LogP contribution in [0.15, 0.2) is 36.4 Å². The molecule has 2 N–H and O–H groups in total. The molecule has 44 heavy (non-hydrogen) atoms. The Hall–Kier alpha value is -4.04. The molecule has 4 aromatic heterocycles. The minimum absolute atomic E-state index is 0.156. The van der Waals surface area contributed by atoms with Crippen molar-refractivity contribution in [1.29, 1.82) is 0 Å². The average Bonchev–Trinajstić information content (AvgIpc) is 3.59. The molecule has 2 aliphatic rings. The Morgan fingerprint density at radius 1 is 0.773 bits per heavy atom. The summed E-state index contributed by atoms with van der Waals surface area (Å²) < 4.78 is 0. The lowest BCUT2D eigenvalue weighted by Crippen LogP contribution is -2.37. The zero-order chi connectivity index (χ0) is 30.3. The minimum atomic E-state index is -0.159. The number of hydrogen-bond donors (Lipinski definition) is 2. The lowest BCUT2D eigenvalue weighted by molar-refractivity contribution is -0.116. The van der Waals surface area contributed by atoms with Crippen LogP contribution in [0.1, 0.15) is 66.3 Å². The first-order chi connectivity index (χ1) is 21.5. The molecule has 2 fully saturated rings. The number of aryl methyl sites for hydroxylation is 1. The number of nitrogens with one attached hydrogen (secondary N) is 2. The number of carbonyl (C=O) groups is 2. The molecule has 6 heterocycles. The standard InChI is InChI=1S/C30H36N10O2S2/c1-2-7-20(28-36-38-30(44-28)34-26(42)19-22-9-4-11-24(32-22)40-16-6-17-40)12-13-27-35-37-29(43-27)33-25(41)18-21-8-3-10-23(31-21)39-14-5-15-39/h3-4,8-11,20H,2,5-7,12-19H2,1H3,(H,33,37,41)(H,34,38,42)/t20-/m0/s1. The molecule has 0 saturated carbocycles. The first-order valence-corrected chi connectivity index (χ1v) is 16.8. The summed E-state index contributed by atoms with van der Waals surface area (Å²) in [5.41, 5.74) is 1.47. The first-order valence-electron chi connectivity index (χ1n) is 15.2. The maximum absolute atomic E-state index is 12.7. The fraction of sp³-hybridized carbons (Fsp3) is 0.467. The van der Waals surface area contributed by atoms with Gasteiger partial charge < -0.3 is 20.4 Å². The molecule has 1 atom stereocenters. The van der Waals surface area contributed by atoms with Crippen LogP contribution in [0.2, 0.25) is 0 Å². The summed E-state index contributed by atoms with van der Waals surface area (Å²) in [5.74, 6) is 1.72. The van der Waals surface area contributed by atoms with E-state index in [0.717, 1.165) is 78.5 Å². The van der Waals surface area contributed by atoms with Gasteiger partial charge in [-0.05, 0) is 49.9 Å². The van der Waals surface area contributed by atoms with Crippen molar-refractivity contribution in [2.75, 3.05) is 46.6 Å². The van der Waals surface area contributed by atoms with E-state index in [4.69, 9.17) is 0 Å². The van der Waals surface area contributed by atoms with Gasteiger partial charge in [0.2, 0.25) is 22.1 Å². The van der Waals surface area contributed by atoms with Crippen molar-refractivity contribution < 1.29 is 9.59 Å². The molecule has 4 aromatic rings. The first kappa shape index (κ1) is 30.0. The van der Waals surface area contributed by atoms with Gasteiger partial charge in [0.15, 0.2) is 0 Å². The summed E-state index contributed by atoms with van der Waals surface area (Å²) in [6.07, 6.45) is 6.20. The van der Waals surface area contributed by atoms with Gasteiger partial charge in [-0.3, -0.25) is 9.59 Å². The van der Waals surface area contributed by atoms with E-state index < -0.39 is 0 Å². The van der Waals surface area contributed by atoms with Gasteiger partial charge in [-0.1, -0.05) is 48.2 Å². The number of rotatable bonds is 14. The van der Waals surface area contributed by atoms with Gasteiger partial charge >= 0.3 is 0 Å². The van der Waals surface area contributed by atoms with E-state index in [1.807, 2.05) is 36.4 Å². The minimum Gasteiger partial charge on any atom is -0.356 e. The number of amides is 2. The highest BCUT2D eigenvalue weighted by Gasteiger charge is 2.21. The summed E-state index contributed by atoms with van der Waals surface area (Å²) in [7, 11) is 0. The van der Waals surface area contributed by atoms with Crippen LogP contribution in [0.25, 0.3) is 0 Å². The summed E-state index contributed by atoms with van der Waals surface area (Å²) in [5, 5.41) is 25.6. The van der Waals surface area contributed by atoms with Gasteiger partial charge in [-0.15, -0.1) is 20.4 Å². The Morgan fingerprint density at radius 2 is 1.34 bits per heavy atom. The lowest BCUT2D eigenvalue weighted by Gasteiger charge is -2.32. The van der Waals surface area contributed by atoms with Gasteiger partial charge in [-0.2, -0.15) is 0 Å². The summed E-state index contributed by atoms with van der Waals surface area (Å²) in [6.45, 7) is 6.19. The molecule has 0 aliphatic carbocycles. The second-order valence-electron chi connectivity index (χ2n) is 11.1. The van der Waals surface area contributed by atoms with E-state index in [1.165, 1.54) is 35.5 Å². The Morgan fingerprint density at radius 3 is 1.89 bits per heavy atom. The van der Waals surface area contributed by atoms with Gasteiger partial charge in [0.05, 0.1) is 24.2 Å². The van der Waals surface area contributed by atoms with E-state index in [0.29, 0.717) is 16.7 Å². The van der Waals surface area contributed by atoms with Crippen LogP contribution in [0.3, 0.4) is 0 Å².